The van der Waals surface area contributed by atoms with Crippen LogP contribution in [0.4, 0.5) is 10.5 Å². The van der Waals surface area contributed by atoms with E-state index in [9.17, 15) is 9.59 Å². The summed E-state index contributed by atoms with van der Waals surface area (Å²) in [6.45, 7) is 2.44. The lowest BCUT2D eigenvalue weighted by atomic mass is 10.2. The maximum absolute atomic E-state index is 12.2. The number of hydrogen-bond acceptors (Lipinski definition) is 6. The molecule has 6 nitrogen and oxygen atoms in total. The van der Waals surface area contributed by atoms with Gasteiger partial charge in [0.2, 0.25) is 0 Å². The Morgan fingerprint density at radius 2 is 1.93 bits per heavy atom. The third kappa shape index (κ3) is 4.23. The normalized spacial score (nSPS) is 17.1. The van der Waals surface area contributed by atoms with Crippen LogP contribution in [0.1, 0.15) is 22.8 Å². The molecule has 0 N–H and O–H groups in total. The third-order valence-electron chi connectivity index (χ3n) is 4.26. The van der Waals surface area contributed by atoms with Crippen molar-refractivity contribution in [3.8, 4) is 6.07 Å². The number of cyclic esters (lactones) is 1. The summed E-state index contributed by atoms with van der Waals surface area (Å²) in [7, 11) is 1.35. The van der Waals surface area contributed by atoms with Crippen LogP contribution in [-0.4, -0.2) is 37.1 Å². The van der Waals surface area contributed by atoms with E-state index in [0.717, 1.165) is 4.90 Å². The first-order valence-electron chi connectivity index (χ1n) is 8.35. The average molecular weight is 382 g/mol. The molecule has 3 rings (SSSR count). The quantitative estimate of drug-likeness (QED) is 0.577. The van der Waals surface area contributed by atoms with Crippen molar-refractivity contribution in [2.24, 2.45) is 0 Å². The largest absolute Gasteiger partial charge is 0.465 e. The highest BCUT2D eigenvalue weighted by Gasteiger charge is 2.36. The fourth-order valence-electron chi connectivity index (χ4n) is 2.73. The van der Waals surface area contributed by atoms with Crippen molar-refractivity contribution in [1.82, 2.24) is 0 Å². The Morgan fingerprint density at radius 3 is 2.52 bits per heavy atom. The van der Waals surface area contributed by atoms with E-state index >= 15 is 0 Å². The molecule has 138 valence electrons. The second-order valence-electron chi connectivity index (χ2n) is 6.03. The summed E-state index contributed by atoms with van der Waals surface area (Å²) in [5, 5.41) is 8.91. The van der Waals surface area contributed by atoms with Crippen LogP contribution in [0.2, 0.25) is 0 Å². The number of carbonyl (C=O) groups is 2. The summed E-state index contributed by atoms with van der Waals surface area (Å²) in [6, 6.07) is 16.0. The zero-order chi connectivity index (χ0) is 19.4. The van der Waals surface area contributed by atoms with E-state index in [-0.39, 0.29) is 17.3 Å². The van der Waals surface area contributed by atoms with Gasteiger partial charge in [0, 0.05) is 15.8 Å². The third-order valence-corrected chi connectivity index (χ3v) is 5.48. The lowest BCUT2D eigenvalue weighted by Crippen LogP contribution is -2.27. The number of anilines is 1. The van der Waals surface area contributed by atoms with Gasteiger partial charge < -0.3 is 9.47 Å². The van der Waals surface area contributed by atoms with Crippen LogP contribution < -0.4 is 4.90 Å². The van der Waals surface area contributed by atoms with Crippen LogP contribution in [0, 0.1) is 11.3 Å². The van der Waals surface area contributed by atoms with E-state index in [0.29, 0.717) is 23.4 Å². The zero-order valence-electron chi connectivity index (χ0n) is 14.9. The van der Waals surface area contributed by atoms with Crippen LogP contribution in [0.5, 0.6) is 0 Å². The minimum Gasteiger partial charge on any atom is -0.465 e. The second kappa shape index (κ2) is 8.14. The van der Waals surface area contributed by atoms with Crippen molar-refractivity contribution in [2.75, 3.05) is 18.6 Å². The van der Waals surface area contributed by atoms with Gasteiger partial charge in [0.05, 0.1) is 30.9 Å². The lowest BCUT2D eigenvalue weighted by Gasteiger charge is -2.17. The van der Waals surface area contributed by atoms with E-state index in [1.807, 2.05) is 19.1 Å². The maximum Gasteiger partial charge on any atom is 0.414 e. The number of amides is 1. The van der Waals surface area contributed by atoms with Crippen LogP contribution in [0.15, 0.2) is 53.4 Å². The molecule has 0 saturated carbocycles. The summed E-state index contributed by atoms with van der Waals surface area (Å²) in [5.74, 6) is -0.373. The molecule has 0 aromatic heterocycles. The number of thioether (sulfide) groups is 1. The minimum atomic E-state index is -0.391. The molecule has 1 aliphatic rings. The Labute approximate surface area is 161 Å². The van der Waals surface area contributed by atoms with Crippen molar-refractivity contribution in [3.63, 3.8) is 0 Å². The second-order valence-corrected chi connectivity index (χ2v) is 7.48. The minimum absolute atomic E-state index is 0.0290. The molecule has 2 unspecified atom stereocenters. The number of benzene rings is 2. The molecule has 1 fully saturated rings. The molecule has 2 aromatic rings. The number of rotatable bonds is 5. The predicted molar refractivity (Wildman–Crippen MR) is 102 cm³/mol. The van der Waals surface area contributed by atoms with Crippen molar-refractivity contribution >= 4 is 29.5 Å². The smallest absolute Gasteiger partial charge is 0.414 e. The van der Waals surface area contributed by atoms with Crippen molar-refractivity contribution in [3.05, 3.63) is 59.7 Å². The molecular formula is C20H18N2O4S. The van der Waals surface area contributed by atoms with Crippen molar-refractivity contribution in [1.29, 1.82) is 5.26 Å². The van der Waals surface area contributed by atoms with Crippen molar-refractivity contribution in [2.45, 2.75) is 23.2 Å². The molecule has 1 aliphatic heterocycles. The zero-order valence-corrected chi connectivity index (χ0v) is 15.7. The van der Waals surface area contributed by atoms with E-state index in [1.54, 1.807) is 53.1 Å². The van der Waals surface area contributed by atoms with Gasteiger partial charge in [-0.1, -0.05) is 0 Å². The van der Waals surface area contributed by atoms with Gasteiger partial charge in [-0.05, 0) is 55.5 Å². The fraction of sp³-hybridized carbons (Fsp3) is 0.250. The summed E-state index contributed by atoms with van der Waals surface area (Å²) in [6.07, 6.45) is -0.656. The van der Waals surface area contributed by atoms with Crippen LogP contribution >= 0.6 is 11.8 Å². The van der Waals surface area contributed by atoms with Gasteiger partial charge in [-0.15, -0.1) is 11.8 Å². The SMILES string of the molecule is COC(=O)c1ccc(SC(C)C2CN(c3ccc(C#N)cc3)C(=O)O2)cc1. The Kier molecular flexibility index (Phi) is 5.67. The first-order chi connectivity index (χ1) is 13.0. The van der Waals surface area contributed by atoms with Gasteiger partial charge in [-0.2, -0.15) is 5.26 Å². The van der Waals surface area contributed by atoms with Crippen LogP contribution in [-0.2, 0) is 9.47 Å². The van der Waals surface area contributed by atoms with E-state index in [4.69, 9.17) is 14.7 Å². The van der Waals surface area contributed by atoms with Gasteiger partial charge in [0.1, 0.15) is 6.10 Å². The van der Waals surface area contributed by atoms with Gasteiger partial charge in [-0.25, -0.2) is 9.59 Å². The number of ether oxygens (including phenoxy) is 2. The number of methoxy groups -OCH3 is 1. The molecule has 1 saturated heterocycles. The molecule has 2 aromatic carbocycles. The topological polar surface area (TPSA) is 79.6 Å². The van der Waals surface area contributed by atoms with E-state index < -0.39 is 6.09 Å². The molecule has 2 atom stereocenters. The predicted octanol–water partition coefficient (Wildman–Crippen LogP) is 3.85. The molecule has 1 heterocycles. The number of esters is 1. The highest BCUT2D eigenvalue weighted by molar-refractivity contribution is 8.00. The fourth-order valence-corrected chi connectivity index (χ4v) is 3.75. The lowest BCUT2D eigenvalue weighted by molar-refractivity contribution is 0.0600. The Hall–Kier alpha value is -2.98. The first-order valence-corrected chi connectivity index (χ1v) is 9.23. The molecule has 7 heteroatoms. The highest BCUT2D eigenvalue weighted by Crippen LogP contribution is 2.31. The Balaban J connectivity index is 1.64. The summed E-state index contributed by atoms with van der Waals surface area (Å²) in [5.41, 5.74) is 1.75. The Morgan fingerprint density at radius 1 is 1.26 bits per heavy atom. The standard InChI is InChI=1S/C20H18N2O4S/c1-13(27-17-9-5-15(6-10-17)19(23)25-2)18-12-22(20(24)26-18)16-7-3-14(11-21)4-8-16/h3-10,13,18H,12H2,1-2H3. The maximum atomic E-state index is 12.2. The van der Waals surface area contributed by atoms with Gasteiger partial charge in [0.25, 0.3) is 0 Å². The van der Waals surface area contributed by atoms with Crippen LogP contribution in [0.3, 0.4) is 0 Å². The molecule has 27 heavy (non-hydrogen) atoms. The summed E-state index contributed by atoms with van der Waals surface area (Å²) >= 11 is 1.58. The molecular weight excluding hydrogens is 364 g/mol. The molecule has 0 radical (unpaired) electrons. The summed E-state index contributed by atoms with van der Waals surface area (Å²) < 4.78 is 10.2. The molecule has 0 aliphatic carbocycles. The molecule has 0 spiro atoms. The van der Waals surface area contributed by atoms with E-state index in [1.165, 1.54) is 7.11 Å². The monoisotopic (exact) mass is 382 g/mol. The number of carbonyl (C=O) groups excluding carboxylic acids is 2. The number of nitriles is 1. The summed E-state index contributed by atoms with van der Waals surface area (Å²) in [4.78, 5) is 26.3. The van der Waals surface area contributed by atoms with E-state index in [2.05, 4.69) is 6.07 Å². The first kappa shape index (κ1) is 18.8. The van der Waals surface area contributed by atoms with Gasteiger partial charge >= 0.3 is 12.1 Å². The van der Waals surface area contributed by atoms with Gasteiger partial charge in [-0.3, -0.25) is 4.90 Å². The average Bonchev–Trinajstić information content (AvgIpc) is 3.10. The van der Waals surface area contributed by atoms with Crippen LogP contribution in [0.25, 0.3) is 0 Å². The highest BCUT2D eigenvalue weighted by atomic mass is 32.2. The molecule has 1 amide bonds. The van der Waals surface area contributed by atoms with Crippen molar-refractivity contribution < 1.29 is 19.1 Å². The van der Waals surface area contributed by atoms with Gasteiger partial charge in [0.15, 0.2) is 0 Å². The molecule has 0 bridgehead atoms. The number of hydrogen-bond donors (Lipinski definition) is 0. The Bertz CT molecular complexity index is 874. The number of nitrogens with zero attached hydrogens (tertiary/aromatic N) is 2.